The molecule has 0 N–H and O–H groups in total. The van der Waals surface area contributed by atoms with E-state index in [1.165, 1.54) is 0 Å². The van der Waals surface area contributed by atoms with Gasteiger partial charge in [0, 0.05) is 17.3 Å². The lowest BCUT2D eigenvalue weighted by atomic mass is 10.1. The van der Waals surface area contributed by atoms with Crippen LogP contribution in [0.2, 0.25) is 0 Å². The van der Waals surface area contributed by atoms with E-state index in [2.05, 4.69) is 43.0 Å². The first-order valence-electron chi connectivity index (χ1n) is 6.24. The minimum Gasteiger partial charge on any atom is -0.286 e. The molecule has 0 saturated carbocycles. The fourth-order valence-electron chi connectivity index (χ4n) is 1.44. The number of benzene rings is 1. The van der Waals surface area contributed by atoms with E-state index in [0.29, 0.717) is 0 Å². The normalized spacial score (nSPS) is 11.3. The first kappa shape index (κ1) is 13.6. The van der Waals surface area contributed by atoms with Crippen LogP contribution in [0.3, 0.4) is 0 Å². The van der Waals surface area contributed by atoms with E-state index in [4.69, 9.17) is 0 Å². The molecule has 2 aromatic rings. The predicted octanol–water partition coefficient (Wildman–Crippen LogP) is 4.37. The van der Waals surface area contributed by atoms with Gasteiger partial charge in [0.15, 0.2) is 0 Å². The molecule has 0 saturated heterocycles. The lowest BCUT2D eigenvalue weighted by molar-refractivity contribution is 0.587. The van der Waals surface area contributed by atoms with E-state index in [9.17, 15) is 0 Å². The summed E-state index contributed by atoms with van der Waals surface area (Å²) >= 11 is 1.67. The van der Waals surface area contributed by atoms with Gasteiger partial charge in [-0.3, -0.25) is 4.99 Å². The molecule has 0 aliphatic heterocycles. The van der Waals surface area contributed by atoms with Crippen LogP contribution in [0.5, 0.6) is 0 Å². The van der Waals surface area contributed by atoms with Gasteiger partial charge in [0.1, 0.15) is 0 Å². The van der Waals surface area contributed by atoms with Crippen molar-refractivity contribution in [2.24, 2.45) is 4.99 Å². The third-order valence-corrected chi connectivity index (χ3v) is 3.23. The fraction of sp³-hybridized carbons (Fsp3) is 0.235. The van der Waals surface area contributed by atoms with Crippen molar-refractivity contribution in [1.29, 1.82) is 0 Å². The standard InChI is InChI=1S/C17H17NS/c1-17(2,3)18-13-16-15(11-12-19-16)10-9-14-7-5-4-6-8-14/h4-8,11-13H,1-3H3. The molecule has 0 amide bonds. The van der Waals surface area contributed by atoms with Crippen molar-refractivity contribution in [2.45, 2.75) is 26.3 Å². The Morgan fingerprint density at radius 1 is 1.05 bits per heavy atom. The summed E-state index contributed by atoms with van der Waals surface area (Å²) in [7, 11) is 0. The zero-order valence-electron chi connectivity index (χ0n) is 11.5. The molecule has 1 heterocycles. The summed E-state index contributed by atoms with van der Waals surface area (Å²) in [6.07, 6.45) is 1.93. The average Bonchev–Trinajstić information content (AvgIpc) is 2.82. The Hall–Kier alpha value is -1.85. The second-order valence-corrected chi connectivity index (χ2v) is 6.19. The smallest absolute Gasteiger partial charge is 0.0605 e. The highest BCUT2D eigenvalue weighted by molar-refractivity contribution is 7.12. The third-order valence-electron chi connectivity index (χ3n) is 2.38. The molecule has 0 radical (unpaired) electrons. The van der Waals surface area contributed by atoms with Crippen LogP contribution >= 0.6 is 11.3 Å². The third kappa shape index (κ3) is 4.39. The monoisotopic (exact) mass is 267 g/mol. The van der Waals surface area contributed by atoms with E-state index in [1.807, 2.05) is 42.6 Å². The first-order chi connectivity index (χ1) is 9.04. The number of nitrogens with zero attached hydrogens (tertiary/aromatic N) is 1. The van der Waals surface area contributed by atoms with Crippen LogP contribution < -0.4 is 0 Å². The molecule has 1 aromatic heterocycles. The van der Waals surface area contributed by atoms with Crippen molar-refractivity contribution >= 4 is 17.6 Å². The quantitative estimate of drug-likeness (QED) is 0.537. The predicted molar refractivity (Wildman–Crippen MR) is 84.1 cm³/mol. The van der Waals surface area contributed by atoms with Gasteiger partial charge in [-0.05, 0) is 44.4 Å². The highest BCUT2D eigenvalue weighted by Gasteiger charge is 2.06. The molecule has 0 unspecified atom stereocenters. The van der Waals surface area contributed by atoms with Gasteiger partial charge in [0.05, 0.1) is 10.4 Å². The first-order valence-corrected chi connectivity index (χ1v) is 7.12. The van der Waals surface area contributed by atoms with Crippen molar-refractivity contribution in [2.75, 3.05) is 0 Å². The van der Waals surface area contributed by atoms with E-state index in [-0.39, 0.29) is 5.54 Å². The van der Waals surface area contributed by atoms with Crippen LogP contribution in [-0.4, -0.2) is 11.8 Å². The van der Waals surface area contributed by atoms with Gasteiger partial charge in [0.25, 0.3) is 0 Å². The van der Waals surface area contributed by atoms with Crippen LogP contribution in [0.1, 0.15) is 36.8 Å². The topological polar surface area (TPSA) is 12.4 Å². The fourth-order valence-corrected chi connectivity index (χ4v) is 2.15. The van der Waals surface area contributed by atoms with Crippen molar-refractivity contribution < 1.29 is 0 Å². The molecule has 2 heteroatoms. The summed E-state index contributed by atoms with van der Waals surface area (Å²) in [5.74, 6) is 6.39. The Bertz CT molecular complexity index is 619. The maximum absolute atomic E-state index is 4.53. The molecular formula is C17H17NS. The Kier molecular flexibility index (Phi) is 4.19. The van der Waals surface area contributed by atoms with Gasteiger partial charge < -0.3 is 0 Å². The lowest BCUT2D eigenvalue weighted by Crippen LogP contribution is -2.09. The number of thiophene rings is 1. The molecule has 0 aliphatic rings. The molecule has 0 atom stereocenters. The molecule has 0 fully saturated rings. The molecule has 96 valence electrons. The Balaban J connectivity index is 2.22. The Morgan fingerprint density at radius 3 is 2.47 bits per heavy atom. The maximum atomic E-state index is 4.53. The van der Waals surface area contributed by atoms with Crippen molar-refractivity contribution in [3.63, 3.8) is 0 Å². The lowest BCUT2D eigenvalue weighted by Gasteiger charge is -2.10. The number of rotatable bonds is 1. The summed E-state index contributed by atoms with van der Waals surface area (Å²) in [6.45, 7) is 6.27. The largest absolute Gasteiger partial charge is 0.286 e. The van der Waals surface area contributed by atoms with Crippen molar-refractivity contribution in [3.05, 3.63) is 57.8 Å². The van der Waals surface area contributed by atoms with Crippen LogP contribution in [0, 0.1) is 11.8 Å². The van der Waals surface area contributed by atoms with E-state index in [0.717, 1.165) is 16.0 Å². The van der Waals surface area contributed by atoms with Gasteiger partial charge >= 0.3 is 0 Å². The van der Waals surface area contributed by atoms with Crippen LogP contribution in [-0.2, 0) is 0 Å². The summed E-state index contributed by atoms with van der Waals surface area (Å²) in [5.41, 5.74) is 2.03. The van der Waals surface area contributed by atoms with E-state index >= 15 is 0 Å². The molecule has 2 rings (SSSR count). The number of hydrogen-bond donors (Lipinski definition) is 0. The highest BCUT2D eigenvalue weighted by Crippen LogP contribution is 2.15. The number of aliphatic imine (C=N–C) groups is 1. The summed E-state index contributed by atoms with van der Waals surface area (Å²) in [4.78, 5) is 5.66. The second kappa shape index (κ2) is 5.86. The molecule has 1 nitrogen and oxygen atoms in total. The second-order valence-electron chi connectivity index (χ2n) is 5.24. The summed E-state index contributed by atoms with van der Waals surface area (Å²) < 4.78 is 0. The highest BCUT2D eigenvalue weighted by atomic mass is 32.1. The Labute approximate surface area is 119 Å². The average molecular weight is 267 g/mol. The minimum absolute atomic E-state index is 0.0475. The number of hydrogen-bond acceptors (Lipinski definition) is 2. The Morgan fingerprint density at radius 2 is 1.79 bits per heavy atom. The summed E-state index contributed by atoms with van der Waals surface area (Å²) in [6, 6.07) is 12.1. The van der Waals surface area contributed by atoms with Gasteiger partial charge in [-0.25, -0.2) is 0 Å². The van der Waals surface area contributed by atoms with Crippen LogP contribution in [0.25, 0.3) is 0 Å². The molecule has 1 aromatic carbocycles. The van der Waals surface area contributed by atoms with Crippen molar-refractivity contribution in [1.82, 2.24) is 0 Å². The zero-order valence-corrected chi connectivity index (χ0v) is 12.3. The molecule has 0 spiro atoms. The zero-order chi connectivity index (χ0) is 13.7. The molecule has 0 bridgehead atoms. The van der Waals surface area contributed by atoms with Gasteiger partial charge in [0.2, 0.25) is 0 Å². The van der Waals surface area contributed by atoms with E-state index in [1.54, 1.807) is 11.3 Å². The molecule has 0 aliphatic carbocycles. The minimum atomic E-state index is -0.0475. The maximum Gasteiger partial charge on any atom is 0.0605 e. The van der Waals surface area contributed by atoms with Gasteiger partial charge in [-0.1, -0.05) is 30.0 Å². The van der Waals surface area contributed by atoms with Crippen LogP contribution in [0.15, 0.2) is 46.8 Å². The van der Waals surface area contributed by atoms with Gasteiger partial charge in [-0.2, -0.15) is 0 Å². The SMILES string of the molecule is CC(C)(C)N=Cc1sccc1C#Cc1ccccc1. The molecular weight excluding hydrogens is 250 g/mol. The van der Waals surface area contributed by atoms with Crippen molar-refractivity contribution in [3.8, 4) is 11.8 Å². The van der Waals surface area contributed by atoms with Crippen LogP contribution in [0.4, 0.5) is 0 Å². The van der Waals surface area contributed by atoms with E-state index < -0.39 is 0 Å². The van der Waals surface area contributed by atoms with Gasteiger partial charge in [-0.15, -0.1) is 11.3 Å². The summed E-state index contributed by atoms with van der Waals surface area (Å²) in [5, 5.41) is 2.05. The molecule has 19 heavy (non-hydrogen) atoms.